The standard InChI is InChI=1S/C46H28O/c1-3-15-32-29(12-1)14-11-23-36(32)45-39-21-9-7-19-37(39)44(38-20-8-10-22-40(38)45)35-18-6-5-16-33(35)31-25-27-43-42(28-31)41-26-24-30-13-2-4-17-34(30)46(41)47-43/h1-28H/i2D,4D,13D,17D. The highest BCUT2D eigenvalue weighted by molar-refractivity contribution is 6.24. The first kappa shape index (κ1) is 22.3. The van der Waals surface area contributed by atoms with Crippen molar-refractivity contribution in [1.29, 1.82) is 0 Å². The maximum absolute atomic E-state index is 8.67. The largest absolute Gasteiger partial charge is 0.455 e. The van der Waals surface area contributed by atoms with Crippen LogP contribution in [0.1, 0.15) is 5.48 Å². The average Bonchev–Trinajstić information content (AvgIpc) is 3.56. The fraction of sp³-hybridized carbons (Fsp3) is 0. The molecule has 47 heavy (non-hydrogen) atoms. The highest BCUT2D eigenvalue weighted by Gasteiger charge is 2.20. The normalized spacial score (nSPS) is 13.0. The van der Waals surface area contributed by atoms with Crippen molar-refractivity contribution in [3.05, 3.63) is 170 Å². The molecular formula is C46H28O. The number of benzene rings is 9. The van der Waals surface area contributed by atoms with Crippen molar-refractivity contribution in [2.45, 2.75) is 0 Å². The smallest absolute Gasteiger partial charge is 0.143 e. The molecule has 0 radical (unpaired) electrons. The Labute approximate surface area is 277 Å². The molecule has 1 heteroatoms. The minimum absolute atomic E-state index is 0.0612. The number of hydrogen-bond acceptors (Lipinski definition) is 1. The molecule has 1 nitrogen and oxygen atoms in total. The van der Waals surface area contributed by atoms with Crippen molar-refractivity contribution in [1.82, 2.24) is 0 Å². The molecule has 0 spiro atoms. The fourth-order valence-corrected chi connectivity index (χ4v) is 7.53. The second-order valence-corrected chi connectivity index (χ2v) is 12.1. The van der Waals surface area contributed by atoms with Crippen LogP contribution in [0.15, 0.2) is 174 Å². The van der Waals surface area contributed by atoms with E-state index in [2.05, 4.69) is 127 Å². The van der Waals surface area contributed by atoms with E-state index in [1.54, 1.807) is 6.07 Å². The predicted molar refractivity (Wildman–Crippen MR) is 200 cm³/mol. The van der Waals surface area contributed by atoms with Crippen LogP contribution in [0.5, 0.6) is 0 Å². The lowest BCUT2D eigenvalue weighted by Crippen LogP contribution is -1.93. The van der Waals surface area contributed by atoms with Crippen molar-refractivity contribution in [3.63, 3.8) is 0 Å². The third-order valence-electron chi connectivity index (χ3n) is 9.58. The predicted octanol–water partition coefficient (Wildman–Crippen LogP) is 13.2. The van der Waals surface area contributed by atoms with E-state index in [9.17, 15) is 0 Å². The van der Waals surface area contributed by atoms with E-state index in [1.165, 1.54) is 49.0 Å². The van der Waals surface area contributed by atoms with Crippen molar-refractivity contribution >= 4 is 65.0 Å². The maximum Gasteiger partial charge on any atom is 0.143 e. The lowest BCUT2D eigenvalue weighted by atomic mass is 9.83. The number of rotatable bonds is 3. The van der Waals surface area contributed by atoms with E-state index < -0.39 is 0 Å². The Hall–Kier alpha value is -6.18. The van der Waals surface area contributed by atoms with Gasteiger partial charge in [0.15, 0.2) is 0 Å². The first-order valence-electron chi connectivity index (χ1n) is 17.9. The van der Waals surface area contributed by atoms with Gasteiger partial charge in [0.25, 0.3) is 0 Å². The first-order chi connectivity index (χ1) is 25.0. The van der Waals surface area contributed by atoms with Gasteiger partial charge in [-0.05, 0) is 89.3 Å². The third kappa shape index (κ3) is 3.90. The number of fused-ring (bicyclic) bond motifs is 8. The highest BCUT2D eigenvalue weighted by atomic mass is 16.3. The van der Waals surface area contributed by atoms with Crippen LogP contribution in [-0.4, -0.2) is 0 Å². The van der Waals surface area contributed by atoms with E-state index >= 15 is 0 Å². The first-order valence-corrected chi connectivity index (χ1v) is 15.9. The molecule has 0 atom stereocenters. The summed E-state index contributed by atoms with van der Waals surface area (Å²) in [5, 5.41) is 9.77. The van der Waals surface area contributed by atoms with Crippen LogP contribution in [-0.2, 0) is 0 Å². The molecule has 0 bridgehead atoms. The van der Waals surface area contributed by atoms with Crippen LogP contribution >= 0.6 is 0 Å². The highest BCUT2D eigenvalue weighted by Crippen LogP contribution is 2.47. The monoisotopic (exact) mass is 600 g/mol. The fourth-order valence-electron chi connectivity index (χ4n) is 7.53. The Morgan fingerprint density at radius 3 is 1.74 bits per heavy atom. The van der Waals surface area contributed by atoms with Gasteiger partial charge in [-0.15, -0.1) is 0 Å². The van der Waals surface area contributed by atoms with Gasteiger partial charge < -0.3 is 4.42 Å². The van der Waals surface area contributed by atoms with Gasteiger partial charge in [0.2, 0.25) is 0 Å². The lowest BCUT2D eigenvalue weighted by Gasteiger charge is -2.20. The summed E-state index contributed by atoms with van der Waals surface area (Å²) < 4.78 is 40.0. The quantitative estimate of drug-likeness (QED) is 0.184. The zero-order chi connectivity index (χ0) is 34.4. The lowest BCUT2D eigenvalue weighted by molar-refractivity contribution is 0.672. The van der Waals surface area contributed by atoms with Gasteiger partial charge in [-0.2, -0.15) is 0 Å². The minimum atomic E-state index is -0.263. The Kier molecular flexibility index (Phi) is 4.83. The van der Waals surface area contributed by atoms with Crippen LogP contribution in [0, 0.1) is 0 Å². The van der Waals surface area contributed by atoms with Gasteiger partial charge in [-0.25, -0.2) is 0 Å². The van der Waals surface area contributed by atoms with E-state index in [-0.39, 0.29) is 24.2 Å². The summed E-state index contributed by atoms with van der Waals surface area (Å²) in [6.07, 6.45) is 0. The second kappa shape index (κ2) is 10.2. The minimum Gasteiger partial charge on any atom is -0.455 e. The maximum atomic E-state index is 8.67. The molecule has 0 aliphatic rings. The summed E-state index contributed by atoms with van der Waals surface area (Å²) in [5.74, 6) is 0. The molecule has 0 N–H and O–H groups in total. The number of furan rings is 1. The zero-order valence-corrected chi connectivity index (χ0v) is 25.3. The van der Waals surface area contributed by atoms with Crippen LogP contribution in [0.3, 0.4) is 0 Å². The van der Waals surface area contributed by atoms with Gasteiger partial charge in [0.1, 0.15) is 11.2 Å². The van der Waals surface area contributed by atoms with Crippen molar-refractivity contribution < 1.29 is 9.90 Å². The second-order valence-electron chi connectivity index (χ2n) is 12.1. The van der Waals surface area contributed by atoms with Gasteiger partial charge in [0.05, 0.1) is 5.48 Å². The van der Waals surface area contributed by atoms with Gasteiger partial charge in [0, 0.05) is 16.2 Å². The van der Waals surface area contributed by atoms with E-state index in [1.807, 2.05) is 12.1 Å². The molecule has 0 fully saturated rings. The van der Waals surface area contributed by atoms with Crippen LogP contribution in [0.25, 0.3) is 98.4 Å². The van der Waals surface area contributed by atoms with Crippen molar-refractivity contribution in [2.75, 3.05) is 0 Å². The van der Waals surface area contributed by atoms with Gasteiger partial charge in [-0.3, -0.25) is 0 Å². The van der Waals surface area contributed by atoms with E-state index in [0.717, 1.165) is 27.5 Å². The van der Waals surface area contributed by atoms with Crippen molar-refractivity contribution in [2.24, 2.45) is 0 Å². The van der Waals surface area contributed by atoms with Crippen molar-refractivity contribution in [3.8, 4) is 33.4 Å². The van der Waals surface area contributed by atoms with Gasteiger partial charge >= 0.3 is 0 Å². The third-order valence-corrected chi connectivity index (χ3v) is 9.58. The summed E-state index contributed by atoms with van der Waals surface area (Å²) in [6.45, 7) is 0. The molecule has 10 rings (SSSR count). The molecule has 10 aromatic rings. The molecule has 0 saturated heterocycles. The van der Waals surface area contributed by atoms with E-state index in [0.29, 0.717) is 21.9 Å². The molecule has 0 amide bonds. The van der Waals surface area contributed by atoms with Crippen LogP contribution < -0.4 is 0 Å². The zero-order valence-electron chi connectivity index (χ0n) is 29.3. The summed E-state index contributed by atoms with van der Waals surface area (Å²) in [7, 11) is 0. The molecule has 0 aliphatic carbocycles. The summed E-state index contributed by atoms with van der Waals surface area (Å²) in [6, 6.07) is 50.4. The molecule has 0 aliphatic heterocycles. The molecule has 218 valence electrons. The SMILES string of the molecule is [2H]c1c([2H])c([2H])c2c(ccc3c4cc(-c5ccccc5-c5c6ccccc6c(-c6cccc7ccccc67)c6ccccc56)ccc4oc32)c1[2H]. The summed E-state index contributed by atoms with van der Waals surface area (Å²) in [5.41, 5.74) is 8.01. The topological polar surface area (TPSA) is 13.1 Å². The summed E-state index contributed by atoms with van der Waals surface area (Å²) in [4.78, 5) is 0. The Morgan fingerprint density at radius 1 is 0.383 bits per heavy atom. The van der Waals surface area contributed by atoms with Gasteiger partial charge in [-0.1, -0.05) is 152 Å². The Bertz CT molecular complexity index is 3020. The molecule has 1 heterocycles. The molecule has 0 unspecified atom stereocenters. The molecular weight excluding hydrogens is 569 g/mol. The molecule has 9 aromatic carbocycles. The van der Waals surface area contributed by atoms with Crippen LogP contribution in [0.4, 0.5) is 0 Å². The Balaban J connectivity index is 1.24. The Morgan fingerprint density at radius 2 is 0.979 bits per heavy atom. The average molecular weight is 601 g/mol. The molecule has 1 aromatic heterocycles. The number of hydrogen-bond donors (Lipinski definition) is 0. The molecule has 0 saturated carbocycles. The van der Waals surface area contributed by atoms with E-state index in [4.69, 9.17) is 9.90 Å². The van der Waals surface area contributed by atoms with Crippen LogP contribution in [0.2, 0.25) is 0 Å². The summed E-state index contributed by atoms with van der Waals surface area (Å²) >= 11 is 0.